The third kappa shape index (κ3) is 4.98. The van der Waals surface area contributed by atoms with Gasteiger partial charge in [0.25, 0.3) is 0 Å². The van der Waals surface area contributed by atoms with E-state index in [1.54, 1.807) is 0 Å². The number of nitrogens with zero attached hydrogens (tertiary/aromatic N) is 1. The van der Waals surface area contributed by atoms with Gasteiger partial charge in [-0.2, -0.15) is 5.10 Å². The molecule has 1 aromatic rings. The molecular formula is C17H23N3O2. The molecule has 5 nitrogen and oxygen atoms in total. The van der Waals surface area contributed by atoms with E-state index >= 15 is 0 Å². The first kappa shape index (κ1) is 16.2. The molecule has 5 heteroatoms. The maximum absolute atomic E-state index is 11.9. The zero-order valence-electron chi connectivity index (χ0n) is 13.2. The van der Waals surface area contributed by atoms with Crippen LogP contribution in [0.1, 0.15) is 49.7 Å². The van der Waals surface area contributed by atoms with Crippen LogP contribution in [0.2, 0.25) is 0 Å². The van der Waals surface area contributed by atoms with Gasteiger partial charge >= 0.3 is 11.8 Å². The first-order valence-corrected chi connectivity index (χ1v) is 7.79. The summed E-state index contributed by atoms with van der Waals surface area (Å²) in [4.78, 5) is 23.7. The van der Waals surface area contributed by atoms with Gasteiger partial charge in [0.05, 0.1) is 0 Å². The molecule has 118 valence electrons. The van der Waals surface area contributed by atoms with Gasteiger partial charge in [0, 0.05) is 11.4 Å². The van der Waals surface area contributed by atoms with Crippen molar-refractivity contribution in [3.63, 3.8) is 0 Å². The Kier molecular flexibility index (Phi) is 5.69. The summed E-state index contributed by atoms with van der Waals surface area (Å²) in [5, 5.41) is 6.70. The van der Waals surface area contributed by atoms with E-state index in [1.165, 1.54) is 12.8 Å². The van der Waals surface area contributed by atoms with E-state index in [0.29, 0.717) is 5.69 Å². The molecule has 1 aliphatic carbocycles. The van der Waals surface area contributed by atoms with Gasteiger partial charge in [0.2, 0.25) is 0 Å². The number of hydrazone groups is 1. The van der Waals surface area contributed by atoms with Crippen LogP contribution in [0.15, 0.2) is 23.3 Å². The van der Waals surface area contributed by atoms with Crippen LogP contribution in [0.5, 0.6) is 0 Å². The smallest absolute Gasteiger partial charge is 0.318 e. The number of aryl methyl sites for hydroxylation is 2. The van der Waals surface area contributed by atoms with Gasteiger partial charge in [-0.3, -0.25) is 9.59 Å². The normalized spacial score (nSPS) is 14.9. The lowest BCUT2D eigenvalue weighted by Gasteiger charge is -2.07. The van der Waals surface area contributed by atoms with Crippen molar-refractivity contribution < 1.29 is 9.59 Å². The Balaban J connectivity index is 1.91. The summed E-state index contributed by atoms with van der Waals surface area (Å²) in [6.07, 6.45) is 6.42. The highest BCUT2D eigenvalue weighted by Gasteiger charge is 2.14. The molecule has 2 amide bonds. The van der Waals surface area contributed by atoms with Gasteiger partial charge < -0.3 is 5.32 Å². The van der Waals surface area contributed by atoms with Crippen molar-refractivity contribution in [2.45, 2.75) is 52.4 Å². The predicted molar refractivity (Wildman–Crippen MR) is 87.8 cm³/mol. The van der Waals surface area contributed by atoms with Crippen molar-refractivity contribution >= 4 is 23.2 Å². The van der Waals surface area contributed by atoms with Crippen LogP contribution >= 0.6 is 0 Å². The summed E-state index contributed by atoms with van der Waals surface area (Å²) < 4.78 is 0. The summed E-state index contributed by atoms with van der Waals surface area (Å²) in [5.41, 5.74) is 6.04. The number of hydrogen-bond acceptors (Lipinski definition) is 3. The lowest BCUT2D eigenvalue weighted by molar-refractivity contribution is -0.136. The third-order valence-electron chi connectivity index (χ3n) is 3.68. The van der Waals surface area contributed by atoms with Gasteiger partial charge in [-0.05, 0) is 62.8 Å². The molecular weight excluding hydrogens is 278 g/mol. The lowest BCUT2D eigenvalue weighted by Crippen LogP contribution is -2.33. The van der Waals surface area contributed by atoms with Gasteiger partial charge in [0.15, 0.2) is 0 Å². The molecule has 1 saturated carbocycles. The lowest BCUT2D eigenvalue weighted by atomic mass is 10.1. The Morgan fingerprint density at radius 3 is 2.09 bits per heavy atom. The summed E-state index contributed by atoms with van der Waals surface area (Å²) in [6.45, 7) is 3.89. The zero-order chi connectivity index (χ0) is 15.9. The van der Waals surface area contributed by atoms with Gasteiger partial charge in [-0.1, -0.05) is 18.9 Å². The summed E-state index contributed by atoms with van der Waals surface area (Å²) in [5.74, 6) is -1.42. The number of anilines is 1. The van der Waals surface area contributed by atoms with E-state index in [0.717, 1.165) is 42.5 Å². The molecule has 0 bridgehead atoms. The Morgan fingerprint density at radius 1 is 0.909 bits per heavy atom. The second-order valence-corrected chi connectivity index (χ2v) is 5.86. The van der Waals surface area contributed by atoms with Crippen LogP contribution in [0.25, 0.3) is 0 Å². The minimum Gasteiger partial charge on any atom is -0.318 e. The number of nitrogens with one attached hydrogen (secondary N) is 2. The number of carbonyl (C=O) groups is 2. The standard InChI is InChI=1S/C17H23N3O2/c1-12-9-13(2)11-15(10-12)18-16(21)17(22)20-19-14-7-5-3-4-6-8-14/h9-11H,3-8H2,1-2H3,(H,18,21)(H,20,22). The van der Waals surface area contributed by atoms with Crippen LogP contribution in [0.4, 0.5) is 5.69 Å². The molecule has 0 saturated heterocycles. The molecule has 0 radical (unpaired) electrons. The van der Waals surface area contributed by atoms with E-state index in [4.69, 9.17) is 0 Å². The molecule has 1 aliphatic rings. The molecule has 0 aromatic heterocycles. The van der Waals surface area contributed by atoms with Gasteiger partial charge in [-0.25, -0.2) is 5.43 Å². The molecule has 1 fully saturated rings. The largest absolute Gasteiger partial charge is 0.329 e. The highest BCUT2D eigenvalue weighted by Crippen LogP contribution is 2.15. The predicted octanol–water partition coefficient (Wildman–Crippen LogP) is 3.07. The van der Waals surface area contributed by atoms with E-state index in [9.17, 15) is 9.59 Å². The van der Waals surface area contributed by atoms with Gasteiger partial charge in [0.1, 0.15) is 0 Å². The molecule has 0 aliphatic heterocycles. The molecule has 0 spiro atoms. The van der Waals surface area contributed by atoms with Crippen molar-refractivity contribution in [3.8, 4) is 0 Å². The fourth-order valence-electron chi connectivity index (χ4n) is 2.66. The highest BCUT2D eigenvalue weighted by molar-refractivity contribution is 6.39. The number of carbonyl (C=O) groups excluding carboxylic acids is 2. The van der Waals surface area contributed by atoms with Crippen LogP contribution in [0.3, 0.4) is 0 Å². The Morgan fingerprint density at radius 2 is 1.50 bits per heavy atom. The molecule has 0 atom stereocenters. The summed E-state index contributed by atoms with van der Waals surface area (Å²) in [6, 6.07) is 5.67. The fraction of sp³-hybridized carbons (Fsp3) is 0.471. The first-order chi connectivity index (χ1) is 10.5. The van der Waals surface area contributed by atoms with E-state index in [-0.39, 0.29) is 0 Å². The average molecular weight is 301 g/mol. The Bertz CT molecular complexity index is 563. The zero-order valence-corrected chi connectivity index (χ0v) is 13.2. The van der Waals surface area contributed by atoms with Crippen molar-refractivity contribution in [2.24, 2.45) is 5.10 Å². The fourth-order valence-corrected chi connectivity index (χ4v) is 2.66. The molecule has 0 heterocycles. The van der Waals surface area contributed by atoms with E-state index in [1.807, 2.05) is 32.0 Å². The third-order valence-corrected chi connectivity index (χ3v) is 3.68. The van der Waals surface area contributed by atoms with Crippen LogP contribution in [-0.2, 0) is 9.59 Å². The van der Waals surface area contributed by atoms with Crippen molar-refractivity contribution in [3.05, 3.63) is 29.3 Å². The van der Waals surface area contributed by atoms with E-state index < -0.39 is 11.8 Å². The SMILES string of the molecule is Cc1cc(C)cc(NC(=O)C(=O)NN=C2CCCCCC2)c1. The van der Waals surface area contributed by atoms with Crippen molar-refractivity contribution in [1.29, 1.82) is 0 Å². The molecule has 2 rings (SSSR count). The number of amides is 2. The maximum Gasteiger partial charge on any atom is 0.329 e. The number of hydrogen-bond donors (Lipinski definition) is 2. The molecule has 1 aromatic carbocycles. The van der Waals surface area contributed by atoms with Crippen molar-refractivity contribution in [1.82, 2.24) is 5.43 Å². The molecule has 2 N–H and O–H groups in total. The minimum atomic E-state index is -0.726. The Hall–Kier alpha value is -2.17. The first-order valence-electron chi connectivity index (χ1n) is 7.79. The minimum absolute atomic E-state index is 0.625. The quantitative estimate of drug-likeness (QED) is 0.500. The van der Waals surface area contributed by atoms with Crippen LogP contribution in [0, 0.1) is 13.8 Å². The second-order valence-electron chi connectivity index (χ2n) is 5.86. The van der Waals surface area contributed by atoms with E-state index in [2.05, 4.69) is 15.8 Å². The summed E-state index contributed by atoms with van der Waals surface area (Å²) >= 11 is 0. The van der Waals surface area contributed by atoms with Crippen molar-refractivity contribution in [2.75, 3.05) is 5.32 Å². The molecule has 0 unspecified atom stereocenters. The highest BCUT2D eigenvalue weighted by atomic mass is 16.2. The number of benzene rings is 1. The Labute approximate surface area is 131 Å². The monoisotopic (exact) mass is 301 g/mol. The van der Waals surface area contributed by atoms with Crippen LogP contribution < -0.4 is 10.7 Å². The second kappa shape index (κ2) is 7.73. The maximum atomic E-state index is 11.9. The van der Waals surface area contributed by atoms with Gasteiger partial charge in [-0.15, -0.1) is 0 Å². The number of rotatable bonds is 2. The molecule has 22 heavy (non-hydrogen) atoms. The topological polar surface area (TPSA) is 70.6 Å². The summed E-state index contributed by atoms with van der Waals surface area (Å²) in [7, 11) is 0. The van der Waals surface area contributed by atoms with Crippen LogP contribution in [-0.4, -0.2) is 17.5 Å². The average Bonchev–Trinajstić information content (AvgIpc) is 2.72.